The van der Waals surface area contributed by atoms with Gasteiger partial charge in [-0.3, -0.25) is 9.59 Å². The standard InChI is InChI=1S/C33H34Cl2N2O2/c1-2-3-20-36-33(39)31(22-24-10-5-4-6-11-24)37(23-25-16-18-29(34)30(35)21-25)32(38)19-17-27-14-9-13-26-12-7-8-15-28(26)27/h4-16,18,21,31H,2-3,17,19-20,22-23H2,1H3,(H,36,39). The fourth-order valence-corrected chi connectivity index (χ4v) is 5.11. The summed E-state index contributed by atoms with van der Waals surface area (Å²) in [5, 5.41) is 6.22. The van der Waals surface area contributed by atoms with E-state index in [-0.39, 0.29) is 24.8 Å². The van der Waals surface area contributed by atoms with Gasteiger partial charge in [0.2, 0.25) is 11.8 Å². The summed E-state index contributed by atoms with van der Waals surface area (Å²) in [5.74, 6) is -0.230. The summed E-state index contributed by atoms with van der Waals surface area (Å²) in [4.78, 5) is 29.2. The molecule has 0 aromatic heterocycles. The Bertz CT molecular complexity index is 1400. The molecule has 2 amide bonds. The molecule has 0 saturated heterocycles. The van der Waals surface area contributed by atoms with Gasteiger partial charge in [-0.25, -0.2) is 0 Å². The first kappa shape index (κ1) is 28.7. The molecule has 0 radical (unpaired) electrons. The first-order chi connectivity index (χ1) is 19.0. The van der Waals surface area contributed by atoms with Gasteiger partial charge in [0, 0.05) is 25.9 Å². The first-order valence-electron chi connectivity index (χ1n) is 13.5. The van der Waals surface area contributed by atoms with Crippen LogP contribution in [0.25, 0.3) is 10.8 Å². The zero-order valence-electron chi connectivity index (χ0n) is 22.2. The number of aryl methyl sites for hydroxylation is 1. The summed E-state index contributed by atoms with van der Waals surface area (Å²) in [6, 6.07) is 28.9. The van der Waals surface area contributed by atoms with E-state index in [0.717, 1.165) is 40.3 Å². The minimum absolute atomic E-state index is 0.0828. The number of carbonyl (C=O) groups is 2. The number of rotatable bonds is 12. The Morgan fingerprint density at radius 2 is 1.59 bits per heavy atom. The molecule has 0 heterocycles. The molecule has 4 aromatic rings. The average molecular weight is 562 g/mol. The molecule has 0 aliphatic heterocycles. The predicted molar refractivity (Wildman–Crippen MR) is 161 cm³/mol. The van der Waals surface area contributed by atoms with Gasteiger partial charge in [0.05, 0.1) is 10.0 Å². The van der Waals surface area contributed by atoms with Crippen LogP contribution in [-0.2, 0) is 29.0 Å². The number of nitrogens with zero attached hydrogens (tertiary/aromatic N) is 1. The maximum absolute atomic E-state index is 14.0. The Hall–Kier alpha value is -3.34. The minimum atomic E-state index is -0.668. The third kappa shape index (κ3) is 7.84. The molecule has 1 N–H and O–H groups in total. The van der Waals surface area contributed by atoms with Crippen molar-refractivity contribution in [3.63, 3.8) is 0 Å². The molecule has 202 valence electrons. The highest BCUT2D eigenvalue weighted by atomic mass is 35.5. The molecule has 0 saturated carbocycles. The van der Waals surface area contributed by atoms with Crippen LogP contribution in [0, 0.1) is 0 Å². The third-order valence-electron chi connectivity index (χ3n) is 6.93. The molecule has 39 heavy (non-hydrogen) atoms. The van der Waals surface area contributed by atoms with Crippen molar-refractivity contribution in [2.45, 2.75) is 51.6 Å². The van der Waals surface area contributed by atoms with Gasteiger partial charge >= 0.3 is 0 Å². The lowest BCUT2D eigenvalue weighted by Crippen LogP contribution is -2.50. The lowest BCUT2D eigenvalue weighted by molar-refractivity contribution is -0.141. The number of halogens is 2. The Kier molecular flexibility index (Phi) is 10.4. The number of fused-ring (bicyclic) bond motifs is 1. The molecular weight excluding hydrogens is 527 g/mol. The van der Waals surface area contributed by atoms with Crippen molar-refractivity contribution in [1.82, 2.24) is 10.2 Å². The molecule has 0 aliphatic rings. The number of hydrogen-bond acceptors (Lipinski definition) is 2. The van der Waals surface area contributed by atoms with E-state index in [4.69, 9.17) is 23.2 Å². The molecule has 0 fully saturated rings. The van der Waals surface area contributed by atoms with Crippen molar-refractivity contribution in [3.05, 3.63) is 118 Å². The molecular formula is C33H34Cl2N2O2. The fourth-order valence-electron chi connectivity index (χ4n) is 4.79. The summed E-state index contributed by atoms with van der Waals surface area (Å²) < 4.78 is 0. The van der Waals surface area contributed by atoms with Gasteiger partial charge in [0.1, 0.15) is 6.04 Å². The second-order valence-electron chi connectivity index (χ2n) is 9.76. The average Bonchev–Trinajstić information content (AvgIpc) is 2.96. The van der Waals surface area contributed by atoms with Crippen LogP contribution in [0.2, 0.25) is 10.0 Å². The van der Waals surface area contributed by atoms with Crippen molar-refractivity contribution in [3.8, 4) is 0 Å². The van der Waals surface area contributed by atoms with Crippen molar-refractivity contribution in [2.24, 2.45) is 0 Å². The van der Waals surface area contributed by atoms with Gasteiger partial charge in [0.15, 0.2) is 0 Å². The number of unbranched alkanes of at least 4 members (excludes halogenated alkanes) is 1. The van der Waals surface area contributed by atoms with E-state index in [1.807, 2.05) is 54.6 Å². The number of nitrogens with one attached hydrogen (secondary N) is 1. The van der Waals surface area contributed by atoms with E-state index in [1.165, 1.54) is 0 Å². The Morgan fingerprint density at radius 3 is 2.36 bits per heavy atom. The molecule has 0 bridgehead atoms. The SMILES string of the molecule is CCCCNC(=O)C(Cc1ccccc1)N(Cc1ccc(Cl)c(Cl)c1)C(=O)CCc1cccc2ccccc12. The van der Waals surface area contributed by atoms with E-state index >= 15 is 0 Å². The van der Waals surface area contributed by atoms with Gasteiger partial charge in [-0.15, -0.1) is 0 Å². The lowest BCUT2D eigenvalue weighted by atomic mass is 9.99. The highest BCUT2D eigenvalue weighted by Crippen LogP contribution is 2.25. The Labute approximate surface area is 240 Å². The molecule has 0 aliphatic carbocycles. The quantitative estimate of drug-likeness (QED) is 0.181. The molecule has 1 atom stereocenters. The Balaban J connectivity index is 1.64. The Morgan fingerprint density at radius 1 is 0.846 bits per heavy atom. The first-order valence-corrected chi connectivity index (χ1v) is 14.2. The van der Waals surface area contributed by atoms with Gasteiger partial charge in [-0.2, -0.15) is 0 Å². The minimum Gasteiger partial charge on any atom is -0.354 e. The maximum atomic E-state index is 14.0. The van der Waals surface area contributed by atoms with Crippen LogP contribution in [0.5, 0.6) is 0 Å². The maximum Gasteiger partial charge on any atom is 0.243 e. The van der Waals surface area contributed by atoms with Crippen LogP contribution >= 0.6 is 23.2 Å². The van der Waals surface area contributed by atoms with Gasteiger partial charge in [0.25, 0.3) is 0 Å². The van der Waals surface area contributed by atoms with E-state index in [2.05, 4.69) is 36.5 Å². The van der Waals surface area contributed by atoms with Crippen LogP contribution in [0.4, 0.5) is 0 Å². The topological polar surface area (TPSA) is 49.4 Å². The van der Waals surface area contributed by atoms with Crippen LogP contribution in [0.15, 0.2) is 91.0 Å². The number of benzene rings is 4. The van der Waals surface area contributed by atoms with E-state index in [9.17, 15) is 9.59 Å². The second-order valence-corrected chi connectivity index (χ2v) is 10.6. The number of hydrogen-bond donors (Lipinski definition) is 1. The van der Waals surface area contributed by atoms with Gasteiger partial charge in [-0.05, 0) is 52.4 Å². The van der Waals surface area contributed by atoms with Crippen LogP contribution in [0.1, 0.15) is 42.9 Å². The molecule has 4 rings (SSSR count). The highest BCUT2D eigenvalue weighted by molar-refractivity contribution is 6.42. The molecule has 4 nitrogen and oxygen atoms in total. The summed E-state index contributed by atoms with van der Waals surface area (Å²) in [5.41, 5.74) is 2.93. The number of carbonyl (C=O) groups excluding carboxylic acids is 2. The van der Waals surface area contributed by atoms with E-state index in [1.54, 1.807) is 17.0 Å². The van der Waals surface area contributed by atoms with Crippen LogP contribution in [-0.4, -0.2) is 29.3 Å². The van der Waals surface area contributed by atoms with Gasteiger partial charge in [-0.1, -0.05) is 115 Å². The smallest absolute Gasteiger partial charge is 0.243 e. The third-order valence-corrected chi connectivity index (χ3v) is 7.66. The largest absolute Gasteiger partial charge is 0.354 e. The van der Waals surface area contributed by atoms with Crippen molar-refractivity contribution < 1.29 is 9.59 Å². The summed E-state index contributed by atoms with van der Waals surface area (Å²) in [6.45, 7) is 2.91. The van der Waals surface area contributed by atoms with E-state index in [0.29, 0.717) is 29.4 Å². The fraction of sp³-hybridized carbons (Fsp3) is 0.273. The normalized spacial score (nSPS) is 11.8. The highest BCUT2D eigenvalue weighted by Gasteiger charge is 2.30. The zero-order valence-corrected chi connectivity index (χ0v) is 23.7. The van der Waals surface area contributed by atoms with Crippen molar-refractivity contribution in [2.75, 3.05) is 6.54 Å². The van der Waals surface area contributed by atoms with Gasteiger partial charge < -0.3 is 10.2 Å². The van der Waals surface area contributed by atoms with Crippen molar-refractivity contribution in [1.29, 1.82) is 0 Å². The molecule has 6 heteroatoms. The molecule has 4 aromatic carbocycles. The summed E-state index contributed by atoms with van der Waals surface area (Å²) >= 11 is 12.5. The number of amides is 2. The zero-order chi connectivity index (χ0) is 27.6. The second kappa shape index (κ2) is 14.2. The van der Waals surface area contributed by atoms with Crippen LogP contribution in [0.3, 0.4) is 0 Å². The molecule has 1 unspecified atom stereocenters. The predicted octanol–water partition coefficient (Wildman–Crippen LogP) is 7.64. The lowest BCUT2D eigenvalue weighted by Gasteiger charge is -2.32. The summed E-state index contributed by atoms with van der Waals surface area (Å²) in [6.07, 6.45) is 3.13. The van der Waals surface area contributed by atoms with E-state index < -0.39 is 6.04 Å². The van der Waals surface area contributed by atoms with Crippen molar-refractivity contribution >= 4 is 45.8 Å². The summed E-state index contributed by atoms with van der Waals surface area (Å²) in [7, 11) is 0. The van der Waals surface area contributed by atoms with Crippen LogP contribution < -0.4 is 5.32 Å². The monoisotopic (exact) mass is 560 g/mol. The molecule has 0 spiro atoms.